The summed E-state index contributed by atoms with van der Waals surface area (Å²) in [5.41, 5.74) is 0. The van der Waals surface area contributed by atoms with Crippen molar-refractivity contribution < 1.29 is 0 Å². The molecule has 1 aliphatic heterocycles. The molecule has 112 valence electrons. The van der Waals surface area contributed by atoms with E-state index in [9.17, 15) is 0 Å². The molecule has 2 aliphatic rings. The second-order valence-electron chi connectivity index (χ2n) is 7.02. The zero-order valence-corrected chi connectivity index (χ0v) is 13.2. The van der Waals surface area contributed by atoms with Crippen molar-refractivity contribution in [1.29, 1.82) is 0 Å². The van der Waals surface area contributed by atoms with Crippen LogP contribution in [0.15, 0.2) is 0 Å². The summed E-state index contributed by atoms with van der Waals surface area (Å²) in [6.45, 7) is 9.98. The molecule has 19 heavy (non-hydrogen) atoms. The fourth-order valence-corrected chi connectivity index (χ4v) is 3.72. The van der Waals surface area contributed by atoms with Gasteiger partial charge in [-0.05, 0) is 77.0 Å². The number of piperidine rings is 1. The Morgan fingerprint density at radius 2 is 1.74 bits per heavy atom. The maximum Gasteiger partial charge on any atom is 0.00670 e. The third-order valence-electron chi connectivity index (χ3n) is 5.35. The van der Waals surface area contributed by atoms with E-state index in [2.05, 4.69) is 24.1 Å². The van der Waals surface area contributed by atoms with E-state index in [-0.39, 0.29) is 0 Å². The van der Waals surface area contributed by atoms with Crippen molar-refractivity contribution in [3.63, 3.8) is 0 Å². The summed E-state index contributed by atoms with van der Waals surface area (Å²) in [6, 6.07) is 0.738. The summed E-state index contributed by atoms with van der Waals surface area (Å²) in [5, 5.41) is 3.77. The first-order chi connectivity index (χ1) is 9.25. The Kier molecular flexibility index (Phi) is 6.66. The van der Waals surface area contributed by atoms with Crippen molar-refractivity contribution in [1.82, 2.24) is 10.2 Å². The molecule has 0 aromatic heterocycles. The van der Waals surface area contributed by atoms with Crippen molar-refractivity contribution in [2.24, 2.45) is 11.8 Å². The quantitative estimate of drug-likeness (QED) is 0.738. The monoisotopic (exact) mass is 266 g/mol. The lowest BCUT2D eigenvalue weighted by atomic mass is 9.84. The first kappa shape index (κ1) is 15.3. The normalized spacial score (nSPS) is 25.6. The Balaban J connectivity index is 1.51. The summed E-state index contributed by atoms with van der Waals surface area (Å²) >= 11 is 0. The van der Waals surface area contributed by atoms with Gasteiger partial charge in [0.15, 0.2) is 0 Å². The summed E-state index contributed by atoms with van der Waals surface area (Å²) in [7, 11) is 0. The molecule has 1 N–H and O–H groups in total. The van der Waals surface area contributed by atoms with Crippen LogP contribution in [0.3, 0.4) is 0 Å². The van der Waals surface area contributed by atoms with E-state index in [4.69, 9.17) is 0 Å². The van der Waals surface area contributed by atoms with Gasteiger partial charge in [0.05, 0.1) is 0 Å². The van der Waals surface area contributed by atoms with Crippen molar-refractivity contribution in [2.45, 2.75) is 71.3 Å². The first-order valence-corrected chi connectivity index (χ1v) is 8.71. The average Bonchev–Trinajstić information content (AvgIpc) is 2.46. The van der Waals surface area contributed by atoms with E-state index >= 15 is 0 Å². The molecule has 1 saturated carbocycles. The highest BCUT2D eigenvalue weighted by atomic mass is 15.1. The molecule has 1 aliphatic carbocycles. The zero-order valence-electron chi connectivity index (χ0n) is 13.2. The van der Waals surface area contributed by atoms with Gasteiger partial charge >= 0.3 is 0 Å². The lowest BCUT2D eigenvalue weighted by Crippen LogP contribution is -2.38. The van der Waals surface area contributed by atoms with Crippen LogP contribution in [0.5, 0.6) is 0 Å². The minimum Gasteiger partial charge on any atom is -0.314 e. The molecule has 1 saturated heterocycles. The molecule has 1 atom stereocenters. The van der Waals surface area contributed by atoms with E-state index in [1.54, 1.807) is 0 Å². The van der Waals surface area contributed by atoms with Crippen molar-refractivity contribution in [3.05, 3.63) is 0 Å². The van der Waals surface area contributed by atoms with E-state index in [1.807, 2.05) is 0 Å². The summed E-state index contributed by atoms with van der Waals surface area (Å²) < 4.78 is 0. The van der Waals surface area contributed by atoms with Crippen LogP contribution in [0.1, 0.15) is 65.2 Å². The van der Waals surface area contributed by atoms with Crippen LogP contribution in [0.25, 0.3) is 0 Å². The van der Waals surface area contributed by atoms with E-state index in [0.717, 1.165) is 17.9 Å². The van der Waals surface area contributed by atoms with Crippen LogP contribution in [0.2, 0.25) is 0 Å². The molecular formula is C17H34N2. The summed E-state index contributed by atoms with van der Waals surface area (Å²) in [4.78, 5) is 2.66. The molecule has 2 fully saturated rings. The number of rotatable bonds is 6. The van der Waals surface area contributed by atoms with E-state index in [1.165, 1.54) is 77.5 Å². The summed E-state index contributed by atoms with van der Waals surface area (Å²) in [5.74, 6) is 1.91. The Labute approximate surface area is 120 Å². The van der Waals surface area contributed by atoms with Gasteiger partial charge in [-0.2, -0.15) is 0 Å². The maximum absolute atomic E-state index is 3.77. The SMILES string of the molecule is CC1CCN(CCCNC(C)C2CCCCC2)CC1. The highest BCUT2D eigenvalue weighted by Crippen LogP contribution is 2.26. The molecule has 2 rings (SSSR count). The molecule has 0 aromatic carbocycles. The smallest absolute Gasteiger partial charge is 0.00670 e. The number of nitrogens with zero attached hydrogens (tertiary/aromatic N) is 1. The molecule has 1 heterocycles. The Morgan fingerprint density at radius 3 is 2.42 bits per heavy atom. The molecule has 2 nitrogen and oxygen atoms in total. The van der Waals surface area contributed by atoms with Gasteiger partial charge in [-0.15, -0.1) is 0 Å². The highest BCUT2D eigenvalue weighted by molar-refractivity contribution is 4.76. The average molecular weight is 266 g/mol. The van der Waals surface area contributed by atoms with Gasteiger partial charge in [0.25, 0.3) is 0 Å². The Bertz CT molecular complexity index is 227. The van der Waals surface area contributed by atoms with Gasteiger partial charge in [-0.25, -0.2) is 0 Å². The number of nitrogens with one attached hydrogen (secondary N) is 1. The topological polar surface area (TPSA) is 15.3 Å². The Morgan fingerprint density at radius 1 is 1.05 bits per heavy atom. The van der Waals surface area contributed by atoms with Crippen molar-refractivity contribution in [2.75, 3.05) is 26.2 Å². The van der Waals surface area contributed by atoms with Crippen molar-refractivity contribution >= 4 is 0 Å². The molecular weight excluding hydrogens is 232 g/mol. The molecule has 0 spiro atoms. The van der Waals surface area contributed by atoms with Gasteiger partial charge < -0.3 is 10.2 Å². The molecule has 0 radical (unpaired) electrons. The van der Waals surface area contributed by atoms with Gasteiger partial charge in [0.2, 0.25) is 0 Å². The van der Waals surface area contributed by atoms with Crippen LogP contribution in [0, 0.1) is 11.8 Å². The fraction of sp³-hybridized carbons (Fsp3) is 1.00. The minimum atomic E-state index is 0.738. The summed E-state index contributed by atoms with van der Waals surface area (Å²) in [6.07, 6.45) is 11.4. The van der Waals surface area contributed by atoms with Gasteiger partial charge in [0, 0.05) is 6.04 Å². The number of likely N-dealkylation sites (tertiary alicyclic amines) is 1. The first-order valence-electron chi connectivity index (χ1n) is 8.71. The molecule has 1 unspecified atom stereocenters. The minimum absolute atomic E-state index is 0.738. The van der Waals surface area contributed by atoms with Gasteiger partial charge in [-0.1, -0.05) is 26.2 Å². The highest BCUT2D eigenvalue weighted by Gasteiger charge is 2.19. The third-order valence-corrected chi connectivity index (χ3v) is 5.35. The Hall–Kier alpha value is -0.0800. The lowest BCUT2D eigenvalue weighted by Gasteiger charge is -2.31. The van der Waals surface area contributed by atoms with Crippen LogP contribution >= 0.6 is 0 Å². The van der Waals surface area contributed by atoms with E-state index < -0.39 is 0 Å². The number of hydrogen-bond acceptors (Lipinski definition) is 2. The van der Waals surface area contributed by atoms with Crippen LogP contribution in [-0.4, -0.2) is 37.1 Å². The van der Waals surface area contributed by atoms with Crippen LogP contribution in [-0.2, 0) is 0 Å². The standard InChI is InChI=1S/C17H34N2/c1-15-9-13-19(14-10-15)12-6-11-18-16(2)17-7-4-3-5-8-17/h15-18H,3-14H2,1-2H3. The van der Waals surface area contributed by atoms with Crippen LogP contribution < -0.4 is 5.32 Å². The fourth-order valence-electron chi connectivity index (χ4n) is 3.72. The molecule has 2 heteroatoms. The molecule has 0 aromatic rings. The maximum atomic E-state index is 3.77. The van der Waals surface area contributed by atoms with Crippen LogP contribution in [0.4, 0.5) is 0 Å². The largest absolute Gasteiger partial charge is 0.314 e. The predicted octanol–water partition coefficient (Wildman–Crippen LogP) is 3.67. The predicted molar refractivity (Wildman–Crippen MR) is 83.5 cm³/mol. The van der Waals surface area contributed by atoms with Gasteiger partial charge in [0.1, 0.15) is 0 Å². The third kappa shape index (κ3) is 5.43. The van der Waals surface area contributed by atoms with Gasteiger partial charge in [-0.3, -0.25) is 0 Å². The molecule has 0 bridgehead atoms. The lowest BCUT2D eigenvalue weighted by molar-refractivity contribution is 0.188. The number of hydrogen-bond donors (Lipinski definition) is 1. The second-order valence-corrected chi connectivity index (χ2v) is 7.02. The second kappa shape index (κ2) is 8.26. The zero-order chi connectivity index (χ0) is 13.5. The van der Waals surface area contributed by atoms with E-state index in [0.29, 0.717) is 0 Å². The molecule has 0 amide bonds. The van der Waals surface area contributed by atoms with Crippen molar-refractivity contribution in [3.8, 4) is 0 Å².